The Labute approximate surface area is 77.7 Å². The summed E-state index contributed by atoms with van der Waals surface area (Å²) in [5.74, 6) is 0. The Balaban J connectivity index is 3.01. The Bertz CT molecular complexity index is 268. The molecule has 3 nitrogen and oxygen atoms in total. The van der Waals surface area contributed by atoms with Gasteiger partial charge in [0.25, 0.3) is 0 Å². The van der Waals surface area contributed by atoms with Gasteiger partial charge in [0, 0.05) is 13.6 Å². The number of rotatable bonds is 3. The van der Waals surface area contributed by atoms with Gasteiger partial charge in [0.2, 0.25) is 0 Å². The van der Waals surface area contributed by atoms with E-state index in [1.54, 1.807) is 0 Å². The van der Waals surface area contributed by atoms with Crippen molar-refractivity contribution in [2.45, 2.75) is 19.9 Å². The quantitative estimate of drug-likeness (QED) is 0.775. The average Bonchev–Trinajstić information content (AvgIpc) is 2.32. The van der Waals surface area contributed by atoms with Gasteiger partial charge in [-0.3, -0.25) is 4.68 Å². The van der Waals surface area contributed by atoms with E-state index in [2.05, 4.69) is 17.3 Å². The largest absolute Gasteiger partial charge is 0.314 e. The van der Waals surface area contributed by atoms with Crippen molar-refractivity contribution in [1.29, 1.82) is 0 Å². The third-order valence-electron chi connectivity index (χ3n) is 1.85. The molecule has 1 rings (SSSR count). The van der Waals surface area contributed by atoms with Crippen molar-refractivity contribution in [2.75, 3.05) is 7.05 Å². The van der Waals surface area contributed by atoms with Crippen LogP contribution in [-0.2, 0) is 20.0 Å². The van der Waals surface area contributed by atoms with Crippen molar-refractivity contribution >= 4 is 11.6 Å². The van der Waals surface area contributed by atoms with Gasteiger partial charge in [0.1, 0.15) is 0 Å². The van der Waals surface area contributed by atoms with E-state index in [-0.39, 0.29) is 0 Å². The summed E-state index contributed by atoms with van der Waals surface area (Å²) in [5, 5.41) is 8.15. The van der Waals surface area contributed by atoms with Crippen molar-refractivity contribution in [1.82, 2.24) is 15.1 Å². The molecular weight excluding hydrogens is 174 g/mol. The van der Waals surface area contributed by atoms with Crippen LogP contribution in [-0.4, -0.2) is 16.8 Å². The van der Waals surface area contributed by atoms with E-state index in [1.807, 2.05) is 18.8 Å². The zero-order chi connectivity index (χ0) is 9.14. The van der Waals surface area contributed by atoms with Gasteiger partial charge in [-0.15, -0.1) is 0 Å². The minimum absolute atomic E-state index is 0.766. The maximum atomic E-state index is 6.09. The highest BCUT2D eigenvalue weighted by Gasteiger charge is 2.10. The molecule has 0 atom stereocenters. The number of aryl methyl sites for hydroxylation is 2. The fourth-order valence-corrected chi connectivity index (χ4v) is 1.54. The molecule has 1 N–H and O–H groups in total. The molecular formula is C8H14ClN3. The molecule has 1 heterocycles. The molecule has 0 radical (unpaired) electrons. The average molecular weight is 188 g/mol. The van der Waals surface area contributed by atoms with Crippen molar-refractivity contribution in [3.05, 3.63) is 16.4 Å². The predicted molar refractivity (Wildman–Crippen MR) is 50.4 cm³/mol. The Morgan fingerprint density at radius 2 is 2.25 bits per heavy atom. The summed E-state index contributed by atoms with van der Waals surface area (Å²) < 4.78 is 1.83. The van der Waals surface area contributed by atoms with E-state index in [9.17, 15) is 0 Å². The van der Waals surface area contributed by atoms with Crippen molar-refractivity contribution < 1.29 is 0 Å². The Morgan fingerprint density at radius 1 is 1.58 bits per heavy atom. The van der Waals surface area contributed by atoms with E-state index >= 15 is 0 Å². The molecule has 0 saturated carbocycles. The van der Waals surface area contributed by atoms with E-state index in [4.69, 9.17) is 11.6 Å². The monoisotopic (exact) mass is 187 g/mol. The molecule has 0 saturated heterocycles. The van der Waals surface area contributed by atoms with Crippen LogP contribution < -0.4 is 5.32 Å². The van der Waals surface area contributed by atoms with Gasteiger partial charge in [-0.2, -0.15) is 5.10 Å². The molecule has 0 fully saturated rings. The van der Waals surface area contributed by atoms with E-state index in [1.165, 1.54) is 0 Å². The van der Waals surface area contributed by atoms with Crippen molar-refractivity contribution in [3.63, 3.8) is 0 Å². The van der Waals surface area contributed by atoms with E-state index < -0.39 is 0 Å². The minimum Gasteiger partial charge on any atom is -0.314 e. The lowest BCUT2D eigenvalue weighted by Gasteiger charge is -1.99. The fraction of sp³-hybridized carbons (Fsp3) is 0.625. The highest BCUT2D eigenvalue weighted by atomic mass is 35.5. The summed E-state index contributed by atoms with van der Waals surface area (Å²) in [4.78, 5) is 0. The van der Waals surface area contributed by atoms with Gasteiger partial charge in [-0.1, -0.05) is 18.5 Å². The summed E-state index contributed by atoms with van der Waals surface area (Å²) in [7, 11) is 3.81. The summed E-state index contributed by atoms with van der Waals surface area (Å²) in [5.41, 5.74) is 2.03. The van der Waals surface area contributed by atoms with Crippen LogP contribution in [0.5, 0.6) is 0 Å². The number of aromatic nitrogens is 2. The van der Waals surface area contributed by atoms with Gasteiger partial charge in [0.05, 0.1) is 16.4 Å². The third-order valence-corrected chi connectivity index (χ3v) is 2.28. The molecule has 4 heteroatoms. The van der Waals surface area contributed by atoms with Crippen molar-refractivity contribution in [2.24, 2.45) is 7.05 Å². The minimum atomic E-state index is 0.766. The Hall–Kier alpha value is -0.540. The maximum Gasteiger partial charge on any atom is 0.0863 e. The van der Waals surface area contributed by atoms with Gasteiger partial charge >= 0.3 is 0 Å². The zero-order valence-corrected chi connectivity index (χ0v) is 8.44. The first-order chi connectivity index (χ1) is 5.70. The predicted octanol–water partition coefficient (Wildman–Crippen LogP) is 1.36. The van der Waals surface area contributed by atoms with Crippen molar-refractivity contribution in [3.8, 4) is 0 Å². The summed E-state index contributed by atoms with van der Waals surface area (Å²) in [6.45, 7) is 2.82. The first-order valence-corrected chi connectivity index (χ1v) is 4.43. The highest BCUT2D eigenvalue weighted by molar-refractivity contribution is 6.31. The number of hydrogen-bond donors (Lipinski definition) is 1. The standard InChI is InChI=1S/C8H14ClN3/c1-4-6-8(9)7(5-10-2)12(3)11-6/h10H,4-5H2,1-3H3. The van der Waals surface area contributed by atoms with Crippen LogP contribution in [0.2, 0.25) is 5.02 Å². The molecule has 0 amide bonds. The van der Waals surface area contributed by atoms with Crippen LogP contribution in [0.15, 0.2) is 0 Å². The number of hydrogen-bond acceptors (Lipinski definition) is 2. The van der Waals surface area contributed by atoms with Crippen LogP contribution in [0.4, 0.5) is 0 Å². The lowest BCUT2D eigenvalue weighted by Crippen LogP contribution is -2.09. The molecule has 0 bridgehead atoms. The molecule has 0 aliphatic carbocycles. The van der Waals surface area contributed by atoms with E-state index in [0.717, 1.165) is 29.4 Å². The topological polar surface area (TPSA) is 29.9 Å². The summed E-state index contributed by atoms with van der Waals surface area (Å²) in [6, 6.07) is 0. The summed E-state index contributed by atoms with van der Waals surface area (Å²) >= 11 is 6.09. The lowest BCUT2D eigenvalue weighted by atomic mass is 10.3. The molecule has 1 aromatic heterocycles. The van der Waals surface area contributed by atoms with Gasteiger partial charge in [-0.25, -0.2) is 0 Å². The second-order valence-corrected chi connectivity index (χ2v) is 3.09. The molecule has 0 aromatic carbocycles. The zero-order valence-electron chi connectivity index (χ0n) is 7.69. The molecule has 0 aliphatic rings. The second kappa shape index (κ2) is 3.92. The van der Waals surface area contributed by atoms with Crippen LogP contribution in [0.25, 0.3) is 0 Å². The molecule has 1 aromatic rings. The van der Waals surface area contributed by atoms with Crippen LogP contribution in [0.3, 0.4) is 0 Å². The molecule has 12 heavy (non-hydrogen) atoms. The molecule has 0 aliphatic heterocycles. The summed E-state index contributed by atoms with van der Waals surface area (Å²) in [6.07, 6.45) is 0.885. The normalized spacial score (nSPS) is 10.7. The Morgan fingerprint density at radius 3 is 2.67 bits per heavy atom. The Kier molecular flexibility index (Phi) is 3.12. The maximum absolute atomic E-state index is 6.09. The highest BCUT2D eigenvalue weighted by Crippen LogP contribution is 2.20. The van der Waals surface area contributed by atoms with E-state index in [0.29, 0.717) is 0 Å². The molecule has 68 valence electrons. The van der Waals surface area contributed by atoms with Crippen LogP contribution >= 0.6 is 11.6 Å². The second-order valence-electron chi connectivity index (χ2n) is 2.71. The SMILES string of the molecule is CCc1nn(C)c(CNC)c1Cl. The van der Waals surface area contributed by atoms with Gasteiger partial charge in [-0.05, 0) is 13.5 Å². The molecule has 0 unspecified atom stereocenters. The first kappa shape index (κ1) is 9.55. The number of nitrogens with one attached hydrogen (secondary N) is 1. The fourth-order valence-electron chi connectivity index (χ4n) is 1.18. The smallest absolute Gasteiger partial charge is 0.0863 e. The van der Waals surface area contributed by atoms with Crippen LogP contribution in [0, 0.1) is 0 Å². The first-order valence-electron chi connectivity index (χ1n) is 4.05. The van der Waals surface area contributed by atoms with Gasteiger partial charge in [0.15, 0.2) is 0 Å². The molecule has 0 spiro atoms. The third kappa shape index (κ3) is 1.62. The van der Waals surface area contributed by atoms with Crippen LogP contribution in [0.1, 0.15) is 18.3 Å². The number of halogens is 1. The lowest BCUT2D eigenvalue weighted by molar-refractivity contribution is 0.665. The van der Waals surface area contributed by atoms with Gasteiger partial charge < -0.3 is 5.32 Å². The number of nitrogens with zero attached hydrogens (tertiary/aromatic N) is 2.